The summed E-state index contributed by atoms with van der Waals surface area (Å²) in [5, 5.41) is 2.73. The third kappa shape index (κ3) is 3.04. The number of hydrogen-bond donors (Lipinski definition) is 2. The molecule has 0 aliphatic carbocycles. The SMILES string of the molecule is CC(C(=O)NCc1cncs1)C(N)=S. The number of rotatable bonds is 4. The van der Waals surface area contributed by atoms with E-state index in [0.29, 0.717) is 6.54 Å². The zero-order valence-electron chi connectivity index (χ0n) is 7.69. The molecule has 76 valence electrons. The minimum absolute atomic E-state index is 0.147. The molecule has 0 saturated carbocycles. The van der Waals surface area contributed by atoms with E-state index in [1.165, 1.54) is 11.3 Å². The van der Waals surface area contributed by atoms with E-state index < -0.39 is 5.92 Å². The number of carbonyl (C=O) groups excluding carboxylic acids is 1. The monoisotopic (exact) mass is 229 g/mol. The van der Waals surface area contributed by atoms with Crippen molar-refractivity contribution in [1.29, 1.82) is 0 Å². The molecule has 0 aliphatic heterocycles. The normalized spacial score (nSPS) is 12.1. The molecule has 6 heteroatoms. The van der Waals surface area contributed by atoms with Crippen LogP contribution >= 0.6 is 23.6 Å². The third-order valence-corrected chi connectivity index (χ3v) is 2.87. The fraction of sp³-hybridized carbons (Fsp3) is 0.375. The summed E-state index contributed by atoms with van der Waals surface area (Å²) in [6, 6.07) is 0. The molecule has 1 aromatic heterocycles. The first-order valence-electron chi connectivity index (χ1n) is 4.05. The Morgan fingerprint density at radius 3 is 3.07 bits per heavy atom. The molecule has 0 spiro atoms. The van der Waals surface area contributed by atoms with Crippen molar-refractivity contribution >= 4 is 34.5 Å². The minimum Gasteiger partial charge on any atom is -0.393 e. The predicted molar refractivity (Wildman–Crippen MR) is 59.9 cm³/mol. The number of nitrogens with one attached hydrogen (secondary N) is 1. The van der Waals surface area contributed by atoms with Crippen molar-refractivity contribution < 1.29 is 4.79 Å². The van der Waals surface area contributed by atoms with Crippen LogP contribution in [0.15, 0.2) is 11.7 Å². The summed E-state index contributed by atoms with van der Waals surface area (Å²) in [6.45, 7) is 2.17. The standard InChI is InChI=1S/C8H11N3OS2/c1-5(7(9)13)8(12)11-3-6-2-10-4-14-6/h2,4-5H,3H2,1H3,(H2,9,13)(H,11,12). The number of aromatic nitrogens is 1. The van der Waals surface area contributed by atoms with Crippen molar-refractivity contribution in [2.75, 3.05) is 0 Å². The van der Waals surface area contributed by atoms with Gasteiger partial charge in [0, 0.05) is 11.1 Å². The maximum Gasteiger partial charge on any atom is 0.229 e. The van der Waals surface area contributed by atoms with Gasteiger partial charge in [0.05, 0.1) is 23.0 Å². The molecular weight excluding hydrogens is 218 g/mol. The van der Waals surface area contributed by atoms with Gasteiger partial charge in [-0.2, -0.15) is 0 Å². The van der Waals surface area contributed by atoms with Crippen molar-refractivity contribution in [2.45, 2.75) is 13.5 Å². The van der Waals surface area contributed by atoms with Crippen LogP contribution in [-0.4, -0.2) is 15.9 Å². The van der Waals surface area contributed by atoms with Crippen molar-refractivity contribution in [3.8, 4) is 0 Å². The number of amides is 1. The van der Waals surface area contributed by atoms with Crippen LogP contribution in [0.3, 0.4) is 0 Å². The number of carbonyl (C=O) groups is 1. The average molecular weight is 229 g/mol. The van der Waals surface area contributed by atoms with E-state index in [1.807, 2.05) is 0 Å². The smallest absolute Gasteiger partial charge is 0.229 e. The molecule has 1 rings (SSSR count). The molecular formula is C8H11N3OS2. The van der Waals surface area contributed by atoms with Gasteiger partial charge in [0.15, 0.2) is 0 Å². The lowest BCUT2D eigenvalue weighted by Gasteiger charge is -2.09. The lowest BCUT2D eigenvalue weighted by molar-refractivity contribution is -0.122. The van der Waals surface area contributed by atoms with E-state index >= 15 is 0 Å². The third-order valence-electron chi connectivity index (χ3n) is 1.74. The number of thiazole rings is 1. The van der Waals surface area contributed by atoms with E-state index in [2.05, 4.69) is 10.3 Å². The van der Waals surface area contributed by atoms with E-state index in [0.717, 1.165) is 4.88 Å². The molecule has 0 aromatic carbocycles. The maximum absolute atomic E-state index is 11.4. The van der Waals surface area contributed by atoms with Crippen LogP contribution in [0.1, 0.15) is 11.8 Å². The second-order valence-corrected chi connectivity index (χ2v) is 4.25. The van der Waals surface area contributed by atoms with Crippen LogP contribution < -0.4 is 11.1 Å². The second kappa shape index (κ2) is 5.02. The number of thiocarbonyl (C=S) groups is 1. The summed E-state index contributed by atoms with van der Waals surface area (Å²) >= 11 is 6.21. The van der Waals surface area contributed by atoms with Crippen molar-refractivity contribution in [1.82, 2.24) is 10.3 Å². The van der Waals surface area contributed by atoms with Crippen molar-refractivity contribution in [3.05, 3.63) is 16.6 Å². The van der Waals surface area contributed by atoms with Gasteiger partial charge in [-0.1, -0.05) is 12.2 Å². The van der Waals surface area contributed by atoms with Gasteiger partial charge < -0.3 is 11.1 Å². The quantitative estimate of drug-likeness (QED) is 0.745. The highest BCUT2D eigenvalue weighted by Gasteiger charge is 2.14. The highest BCUT2D eigenvalue weighted by atomic mass is 32.1. The van der Waals surface area contributed by atoms with E-state index in [9.17, 15) is 4.79 Å². The molecule has 0 bridgehead atoms. The first kappa shape index (κ1) is 11.1. The molecule has 0 radical (unpaired) electrons. The Labute approximate surface area is 91.5 Å². The summed E-state index contributed by atoms with van der Waals surface area (Å²) in [7, 11) is 0. The van der Waals surface area contributed by atoms with Crippen LogP contribution in [0.4, 0.5) is 0 Å². The number of nitrogens with zero attached hydrogens (tertiary/aromatic N) is 1. The number of nitrogens with two attached hydrogens (primary N) is 1. The molecule has 1 heterocycles. The minimum atomic E-state index is -0.419. The van der Waals surface area contributed by atoms with Crippen molar-refractivity contribution in [3.63, 3.8) is 0 Å². The lowest BCUT2D eigenvalue weighted by Crippen LogP contribution is -2.35. The molecule has 1 aromatic rings. The Bertz CT molecular complexity index is 323. The molecule has 0 fully saturated rings. The molecule has 1 atom stereocenters. The number of hydrogen-bond acceptors (Lipinski definition) is 4. The van der Waals surface area contributed by atoms with Gasteiger partial charge in [-0.05, 0) is 6.92 Å². The van der Waals surface area contributed by atoms with Crippen molar-refractivity contribution in [2.24, 2.45) is 11.7 Å². The highest BCUT2D eigenvalue weighted by Crippen LogP contribution is 2.05. The van der Waals surface area contributed by atoms with Gasteiger partial charge >= 0.3 is 0 Å². The van der Waals surface area contributed by atoms with Gasteiger partial charge in [0.25, 0.3) is 0 Å². The predicted octanol–water partition coefficient (Wildman–Crippen LogP) is 0.681. The van der Waals surface area contributed by atoms with E-state index in [1.54, 1.807) is 18.6 Å². The van der Waals surface area contributed by atoms with Crippen LogP contribution in [0.2, 0.25) is 0 Å². The van der Waals surface area contributed by atoms with Crippen LogP contribution in [0, 0.1) is 5.92 Å². The van der Waals surface area contributed by atoms with Gasteiger partial charge in [-0.25, -0.2) is 0 Å². The summed E-state index contributed by atoms with van der Waals surface area (Å²) in [5.74, 6) is -0.566. The summed E-state index contributed by atoms with van der Waals surface area (Å²) in [6.07, 6.45) is 1.72. The fourth-order valence-corrected chi connectivity index (χ4v) is 1.43. The maximum atomic E-state index is 11.4. The molecule has 4 nitrogen and oxygen atoms in total. The second-order valence-electron chi connectivity index (χ2n) is 2.81. The molecule has 3 N–H and O–H groups in total. The van der Waals surface area contributed by atoms with E-state index in [-0.39, 0.29) is 10.9 Å². The van der Waals surface area contributed by atoms with Gasteiger partial charge in [-0.15, -0.1) is 11.3 Å². The molecule has 14 heavy (non-hydrogen) atoms. The first-order valence-corrected chi connectivity index (χ1v) is 5.34. The first-order chi connectivity index (χ1) is 6.61. The average Bonchev–Trinajstić information content (AvgIpc) is 2.65. The highest BCUT2D eigenvalue weighted by molar-refractivity contribution is 7.80. The Balaban J connectivity index is 2.39. The van der Waals surface area contributed by atoms with Gasteiger partial charge in [0.2, 0.25) is 5.91 Å². The molecule has 0 saturated heterocycles. The van der Waals surface area contributed by atoms with E-state index in [4.69, 9.17) is 18.0 Å². The Morgan fingerprint density at radius 1 is 1.86 bits per heavy atom. The summed E-state index contributed by atoms with van der Waals surface area (Å²) < 4.78 is 0. The lowest BCUT2D eigenvalue weighted by atomic mass is 10.1. The van der Waals surface area contributed by atoms with Crippen LogP contribution in [0.5, 0.6) is 0 Å². The molecule has 1 unspecified atom stereocenters. The molecule has 0 aliphatic rings. The topological polar surface area (TPSA) is 68.0 Å². The zero-order valence-corrected chi connectivity index (χ0v) is 9.32. The summed E-state index contributed by atoms with van der Waals surface area (Å²) in [5.41, 5.74) is 7.07. The summed E-state index contributed by atoms with van der Waals surface area (Å²) in [4.78, 5) is 16.5. The van der Waals surface area contributed by atoms with Gasteiger partial charge in [-0.3, -0.25) is 9.78 Å². The zero-order chi connectivity index (χ0) is 10.6. The van der Waals surface area contributed by atoms with Gasteiger partial charge in [0.1, 0.15) is 0 Å². The van der Waals surface area contributed by atoms with Crippen LogP contribution in [0.25, 0.3) is 0 Å². The fourth-order valence-electron chi connectivity index (χ4n) is 0.786. The Kier molecular flexibility index (Phi) is 3.97. The Hall–Kier alpha value is -1.01. The molecule has 1 amide bonds. The largest absolute Gasteiger partial charge is 0.393 e. The Morgan fingerprint density at radius 2 is 2.57 bits per heavy atom. The van der Waals surface area contributed by atoms with Crippen LogP contribution in [-0.2, 0) is 11.3 Å².